The Labute approximate surface area is 110 Å². The van der Waals surface area contributed by atoms with E-state index in [1.165, 1.54) is 6.92 Å². The molecule has 2 N–H and O–H groups in total. The summed E-state index contributed by atoms with van der Waals surface area (Å²) in [5, 5.41) is 12.1. The van der Waals surface area contributed by atoms with Gasteiger partial charge in [-0.2, -0.15) is 0 Å². The highest BCUT2D eigenvalue weighted by atomic mass is 16.4. The number of nitrogens with one attached hydrogen (secondary N) is 1. The zero-order chi connectivity index (χ0) is 14.0. The molecule has 5 nitrogen and oxygen atoms in total. The minimum Gasteiger partial charge on any atom is -0.481 e. The summed E-state index contributed by atoms with van der Waals surface area (Å²) in [5.41, 5.74) is 1.63. The van der Waals surface area contributed by atoms with Crippen molar-refractivity contribution in [3.8, 4) is 0 Å². The van der Waals surface area contributed by atoms with Crippen LogP contribution in [0.1, 0.15) is 23.0 Å². The lowest BCUT2D eigenvalue weighted by Crippen LogP contribution is -2.31. The third-order valence-corrected chi connectivity index (χ3v) is 2.96. The Morgan fingerprint density at radius 2 is 2.16 bits per heavy atom. The van der Waals surface area contributed by atoms with Crippen molar-refractivity contribution >= 4 is 22.8 Å². The zero-order valence-electron chi connectivity index (χ0n) is 10.8. The van der Waals surface area contributed by atoms with Crippen molar-refractivity contribution in [2.75, 3.05) is 6.54 Å². The number of para-hydroxylation sites is 1. The molecule has 19 heavy (non-hydrogen) atoms. The van der Waals surface area contributed by atoms with E-state index < -0.39 is 17.8 Å². The predicted molar refractivity (Wildman–Crippen MR) is 70.1 cm³/mol. The van der Waals surface area contributed by atoms with Crippen LogP contribution in [0.5, 0.6) is 0 Å². The van der Waals surface area contributed by atoms with Crippen molar-refractivity contribution in [2.24, 2.45) is 5.92 Å². The smallest absolute Gasteiger partial charge is 0.308 e. The lowest BCUT2D eigenvalue weighted by atomic mass is 10.2. The van der Waals surface area contributed by atoms with E-state index in [4.69, 9.17) is 9.52 Å². The van der Waals surface area contributed by atoms with Gasteiger partial charge in [0.1, 0.15) is 5.58 Å². The third-order valence-electron chi connectivity index (χ3n) is 2.96. The van der Waals surface area contributed by atoms with Crippen LogP contribution < -0.4 is 5.32 Å². The maximum atomic E-state index is 11.9. The quantitative estimate of drug-likeness (QED) is 0.884. The number of carboxylic acid groups (broad SMARTS) is 1. The number of rotatable bonds is 4. The molecule has 100 valence electrons. The SMILES string of the molecule is Cc1cccc2cc(C(=O)NC[C@@H](C)C(=O)O)oc12. The average Bonchev–Trinajstić information content (AvgIpc) is 2.80. The van der Waals surface area contributed by atoms with Crippen LogP contribution in [0.25, 0.3) is 11.0 Å². The number of carbonyl (C=O) groups is 2. The maximum Gasteiger partial charge on any atom is 0.308 e. The van der Waals surface area contributed by atoms with Crippen molar-refractivity contribution in [3.63, 3.8) is 0 Å². The number of carboxylic acids is 1. The van der Waals surface area contributed by atoms with E-state index >= 15 is 0 Å². The number of benzene rings is 1. The van der Waals surface area contributed by atoms with Gasteiger partial charge in [-0.05, 0) is 18.6 Å². The van der Waals surface area contributed by atoms with E-state index in [0.29, 0.717) is 5.58 Å². The summed E-state index contributed by atoms with van der Waals surface area (Å²) in [6, 6.07) is 7.31. The molecule has 0 aliphatic heterocycles. The Kier molecular flexibility index (Phi) is 3.55. The molecule has 1 aromatic heterocycles. The first-order valence-electron chi connectivity index (χ1n) is 5.99. The van der Waals surface area contributed by atoms with E-state index in [0.717, 1.165) is 10.9 Å². The van der Waals surface area contributed by atoms with Crippen LogP contribution >= 0.6 is 0 Å². The molecule has 0 aliphatic rings. The number of hydrogen-bond acceptors (Lipinski definition) is 3. The first kappa shape index (κ1) is 13.1. The van der Waals surface area contributed by atoms with Crippen LogP contribution in [-0.2, 0) is 4.79 Å². The normalized spacial score (nSPS) is 12.3. The summed E-state index contributed by atoms with van der Waals surface area (Å²) >= 11 is 0. The van der Waals surface area contributed by atoms with Gasteiger partial charge in [-0.25, -0.2) is 0 Å². The number of aliphatic carboxylic acids is 1. The molecule has 1 heterocycles. The van der Waals surface area contributed by atoms with Crippen molar-refractivity contribution in [1.82, 2.24) is 5.32 Å². The topological polar surface area (TPSA) is 79.5 Å². The van der Waals surface area contributed by atoms with Crippen molar-refractivity contribution in [1.29, 1.82) is 0 Å². The first-order chi connectivity index (χ1) is 8.99. The molecule has 0 spiro atoms. The van der Waals surface area contributed by atoms with Crippen LogP contribution in [-0.4, -0.2) is 23.5 Å². The molecule has 1 atom stereocenters. The van der Waals surface area contributed by atoms with Gasteiger partial charge < -0.3 is 14.8 Å². The second-order valence-corrected chi connectivity index (χ2v) is 4.55. The van der Waals surface area contributed by atoms with E-state index in [-0.39, 0.29) is 12.3 Å². The molecule has 5 heteroatoms. The highest BCUT2D eigenvalue weighted by molar-refractivity contribution is 5.96. The van der Waals surface area contributed by atoms with Crippen LogP contribution in [0, 0.1) is 12.8 Å². The van der Waals surface area contributed by atoms with Gasteiger partial charge in [-0.3, -0.25) is 9.59 Å². The number of hydrogen-bond donors (Lipinski definition) is 2. The highest BCUT2D eigenvalue weighted by Gasteiger charge is 2.16. The minimum atomic E-state index is -0.944. The second kappa shape index (κ2) is 5.14. The van der Waals surface area contributed by atoms with Crippen molar-refractivity contribution < 1.29 is 19.1 Å². The summed E-state index contributed by atoms with van der Waals surface area (Å²) in [4.78, 5) is 22.5. The van der Waals surface area contributed by atoms with Gasteiger partial charge in [0.15, 0.2) is 5.76 Å². The molecule has 1 aromatic carbocycles. The van der Waals surface area contributed by atoms with Gasteiger partial charge in [-0.15, -0.1) is 0 Å². The standard InChI is InChI=1S/C14H15NO4/c1-8-4-3-5-10-6-11(19-12(8)10)13(16)15-7-9(2)14(17)18/h3-6,9H,7H2,1-2H3,(H,15,16)(H,17,18)/t9-/m1/s1. The number of carbonyl (C=O) groups excluding carboxylic acids is 1. The van der Waals surface area contributed by atoms with Gasteiger partial charge in [0.25, 0.3) is 5.91 Å². The Morgan fingerprint density at radius 3 is 2.79 bits per heavy atom. The Morgan fingerprint density at radius 1 is 1.42 bits per heavy atom. The fraction of sp³-hybridized carbons (Fsp3) is 0.286. The van der Waals surface area contributed by atoms with Gasteiger partial charge in [0, 0.05) is 11.9 Å². The van der Waals surface area contributed by atoms with Crippen LogP contribution in [0.15, 0.2) is 28.7 Å². The number of furan rings is 1. The van der Waals surface area contributed by atoms with E-state index in [2.05, 4.69) is 5.32 Å². The number of aryl methyl sites for hydroxylation is 1. The summed E-state index contributed by atoms with van der Waals surface area (Å²) in [6.45, 7) is 3.51. The molecular weight excluding hydrogens is 246 g/mol. The molecule has 0 aliphatic carbocycles. The molecular formula is C14H15NO4. The Bertz CT molecular complexity index is 629. The van der Waals surface area contributed by atoms with Gasteiger partial charge >= 0.3 is 5.97 Å². The molecule has 0 fully saturated rings. The van der Waals surface area contributed by atoms with Crippen molar-refractivity contribution in [2.45, 2.75) is 13.8 Å². The van der Waals surface area contributed by atoms with E-state index in [9.17, 15) is 9.59 Å². The lowest BCUT2D eigenvalue weighted by molar-refractivity contribution is -0.140. The fourth-order valence-corrected chi connectivity index (χ4v) is 1.74. The Balaban J connectivity index is 2.14. The zero-order valence-corrected chi connectivity index (χ0v) is 10.8. The number of amides is 1. The third kappa shape index (κ3) is 2.76. The molecule has 0 saturated carbocycles. The van der Waals surface area contributed by atoms with E-state index in [1.54, 1.807) is 6.07 Å². The predicted octanol–water partition coefficient (Wildman–Crippen LogP) is 2.19. The molecule has 0 saturated heterocycles. The minimum absolute atomic E-state index is 0.0736. The fourth-order valence-electron chi connectivity index (χ4n) is 1.74. The van der Waals surface area contributed by atoms with E-state index in [1.807, 2.05) is 25.1 Å². The summed E-state index contributed by atoms with van der Waals surface area (Å²) in [7, 11) is 0. The average molecular weight is 261 g/mol. The summed E-state index contributed by atoms with van der Waals surface area (Å²) in [6.07, 6.45) is 0. The van der Waals surface area contributed by atoms with Gasteiger partial charge in [-0.1, -0.05) is 25.1 Å². The largest absolute Gasteiger partial charge is 0.481 e. The highest BCUT2D eigenvalue weighted by Crippen LogP contribution is 2.22. The number of fused-ring (bicyclic) bond motifs is 1. The summed E-state index contributed by atoms with van der Waals surface area (Å²) < 4.78 is 5.49. The second-order valence-electron chi connectivity index (χ2n) is 4.55. The van der Waals surface area contributed by atoms with Crippen LogP contribution in [0.3, 0.4) is 0 Å². The molecule has 0 unspecified atom stereocenters. The maximum absolute atomic E-state index is 11.9. The van der Waals surface area contributed by atoms with Crippen LogP contribution in [0.4, 0.5) is 0 Å². The lowest BCUT2D eigenvalue weighted by Gasteiger charge is -2.06. The first-order valence-corrected chi connectivity index (χ1v) is 5.99. The van der Waals surface area contributed by atoms with Gasteiger partial charge in [0.2, 0.25) is 0 Å². The molecule has 0 bridgehead atoms. The Hall–Kier alpha value is -2.30. The van der Waals surface area contributed by atoms with Crippen molar-refractivity contribution in [3.05, 3.63) is 35.6 Å². The monoisotopic (exact) mass is 261 g/mol. The molecule has 1 amide bonds. The molecule has 0 radical (unpaired) electrons. The molecule has 2 aromatic rings. The van der Waals surface area contributed by atoms with Gasteiger partial charge in [0.05, 0.1) is 5.92 Å². The molecule has 2 rings (SSSR count). The summed E-state index contributed by atoms with van der Waals surface area (Å²) in [5.74, 6) is -1.78. The van der Waals surface area contributed by atoms with Crippen LogP contribution in [0.2, 0.25) is 0 Å².